The molecule has 0 aromatic heterocycles. The lowest BCUT2D eigenvalue weighted by molar-refractivity contribution is 0.0240. The molecule has 2 fully saturated rings. The van der Waals surface area contributed by atoms with Crippen molar-refractivity contribution in [2.24, 2.45) is 0 Å². The van der Waals surface area contributed by atoms with Gasteiger partial charge in [0.2, 0.25) is 10.0 Å². The Morgan fingerprint density at radius 2 is 1.79 bits per heavy atom. The largest absolute Gasteiger partial charge is 0.350 e. The lowest BCUT2D eigenvalue weighted by Gasteiger charge is -2.49. The average Bonchev–Trinajstić information content (AvgIpc) is 2.73. The van der Waals surface area contributed by atoms with Crippen LogP contribution in [0, 0.1) is 6.92 Å². The Labute approximate surface area is 175 Å². The van der Waals surface area contributed by atoms with Crippen molar-refractivity contribution >= 4 is 15.9 Å². The van der Waals surface area contributed by atoms with Crippen LogP contribution in [0.5, 0.6) is 0 Å². The molecule has 1 aromatic carbocycles. The van der Waals surface area contributed by atoms with Gasteiger partial charge in [-0.2, -0.15) is 4.31 Å². The van der Waals surface area contributed by atoms with Gasteiger partial charge in [0.1, 0.15) is 0 Å². The predicted octanol–water partition coefficient (Wildman–Crippen LogP) is 2.79. The number of rotatable bonds is 7. The van der Waals surface area contributed by atoms with Crippen LogP contribution in [0.25, 0.3) is 0 Å². The van der Waals surface area contributed by atoms with E-state index in [1.54, 1.807) is 4.31 Å². The monoisotopic (exact) mass is 421 g/mol. The van der Waals surface area contributed by atoms with E-state index < -0.39 is 10.0 Å². The molecule has 29 heavy (non-hydrogen) atoms. The summed E-state index contributed by atoms with van der Waals surface area (Å²) in [6.45, 7) is 7.10. The van der Waals surface area contributed by atoms with Crippen LogP contribution in [0.15, 0.2) is 24.3 Å². The van der Waals surface area contributed by atoms with Crippen LogP contribution in [-0.4, -0.2) is 67.5 Å². The highest BCUT2D eigenvalue weighted by Gasteiger charge is 2.40. The van der Waals surface area contributed by atoms with E-state index >= 15 is 0 Å². The van der Waals surface area contributed by atoms with Crippen molar-refractivity contribution in [1.29, 1.82) is 0 Å². The maximum absolute atomic E-state index is 12.7. The summed E-state index contributed by atoms with van der Waals surface area (Å²) in [5.41, 5.74) is 1.72. The minimum atomic E-state index is -3.14. The number of aryl methyl sites for hydroxylation is 1. The molecule has 0 spiro atoms. The van der Waals surface area contributed by atoms with Crippen molar-refractivity contribution in [2.75, 3.05) is 38.5 Å². The number of carbonyl (C=O) groups is 1. The number of carbonyl (C=O) groups excluding carboxylic acids is 1. The molecule has 0 bridgehead atoms. The van der Waals surface area contributed by atoms with Crippen molar-refractivity contribution in [3.8, 4) is 0 Å². The number of hydrogen-bond donors (Lipinski definition) is 1. The molecule has 1 aromatic rings. The van der Waals surface area contributed by atoms with E-state index in [0.717, 1.165) is 44.3 Å². The Morgan fingerprint density at radius 3 is 2.41 bits per heavy atom. The summed E-state index contributed by atoms with van der Waals surface area (Å²) in [5.74, 6) is 0.202. The molecular weight excluding hydrogens is 386 g/mol. The highest BCUT2D eigenvalue weighted by Crippen LogP contribution is 2.34. The zero-order valence-corrected chi connectivity index (χ0v) is 18.6. The van der Waals surface area contributed by atoms with Crippen molar-refractivity contribution in [1.82, 2.24) is 14.5 Å². The van der Waals surface area contributed by atoms with Gasteiger partial charge < -0.3 is 5.32 Å². The van der Waals surface area contributed by atoms with Gasteiger partial charge in [0.25, 0.3) is 5.91 Å². The summed E-state index contributed by atoms with van der Waals surface area (Å²) in [6, 6.07) is 7.68. The van der Waals surface area contributed by atoms with Crippen LogP contribution in [0.4, 0.5) is 0 Å². The van der Waals surface area contributed by atoms with E-state index in [2.05, 4.69) is 10.2 Å². The number of nitrogens with zero attached hydrogens (tertiary/aromatic N) is 2. The van der Waals surface area contributed by atoms with E-state index in [1.165, 1.54) is 6.42 Å². The summed E-state index contributed by atoms with van der Waals surface area (Å²) in [6.07, 6.45) is 6.32. The van der Waals surface area contributed by atoms with E-state index in [1.807, 2.05) is 38.1 Å². The summed E-state index contributed by atoms with van der Waals surface area (Å²) in [5, 5.41) is 3.18. The molecule has 1 aliphatic heterocycles. The molecule has 1 amide bonds. The van der Waals surface area contributed by atoms with Gasteiger partial charge in [0, 0.05) is 43.8 Å². The van der Waals surface area contributed by atoms with E-state index in [0.29, 0.717) is 31.6 Å². The van der Waals surface area contributed by atoms with Crippen LogP contribution in [-0.2, 0) is 10.0 Å². The second kappa shape index (κ2) is 9.58. The molecule has 0 unspecified atom stereocenters. The molecule has 6 nitrogen and oxygen atoms in total. The lowest BCUT2D eigenvalue weighted by atomic mass is 9.79. The minimum Gasteiger partial charge on any atom is -0.350 e. The maximum atomic E-state index is 12.7. The van der Waals surface area contributed by atoms with Crippen LogP contribution < -0.4 is 5.32 Å². The lowest BCUT2D eigenvalue weighted by Crippen LogP contribution is -2.62. The highest BCUT2D eigenvalue weighted by molar-refractivity contribution is 7.89. The summed E-state index contributed by atoms with van der Waals surface area (Å²) >= 11 is 0. The Bertz CT molecular complexity index is 795. The number of hydrogen-bond acceptors (Lipinski definition) is 4. The van der Waals surface area contributed by atoms with Crippen molar-refractivity contribution in [3.63, 3.8) is 0 Å². The first kappa shape index (κ1) is 22.2. The smallest absolute Gasteiger partial charge is 0.251 e. The van der Waals surface area contributed by atoms with Crippen LogP contribution in [0.1, 0.15) is 61.4 Å². The molecule has 1 heterocycles. The molecule has 1 saturated heterocycles. The first-order valence-corrected chi connectivity index (χ1v) is 12.5. The van der Waals surface area contributed by atoms with Crippen molar-refractivity contribution in [2.45, 2.75) is 57.9 Å². The summed E-state index contributed by atoms with van der Waals surface area (Å²) in [4.78, 5) is 15.1. The first-order valence-electron chi connectivity index (χ1n) is 10.9. The summed E-state index contributed by atoms with van der Waals surface area (Å²) in [7, 11) is -3.14. The number of benzene rings is 1. The fourth-order valence-electron chi connectivity index (χ4n) is 4.78. The van der Waals surface area contributed by atoms with Crippen molar-refractivity contribution in [3.05, 3.63) is 35.4 Å². The fraction of sp³-hybridized carbons (Fsp3) is 0.682. The molecule has 1 saturated carbocycles. The van der Waals surface area contributed by atoms with Gasteiger partial charge in [-0.25, -0.2) is 8.42 Å². The second-order valence-electron chi connectivity index (χ2n) is 8.54. The molecule has 0 atom stereocenters. The predicted molar refractivity (Wildman–Crippen MR) is 117 cm³/mol. The highest BCUT2D eigenvalue weighted by atomic mass is 32.2. The quantitative estimate of drug-likeness (QED) is 0.735. The normalized spacial score (nSPS) is 21.0. The van der Waals surface area contributed by atoms with Gasteiger partial charge in [-0.3, -0.25) is 9.69 Å². The number of nitrogens with one attached hydrogen (secondary N) is 1. The number of amides is 1. The Kier molecular flexibility index (Phi) is 7.35. The van der Waals surface area contributed by atoms with Crippen LogP contribution >= 0.6 is 0 Å². The third-order valence-electron chi connectivity index (χ3n) is 6.41. The van der Waals surface area contributed by atoms with Gasteiger partial charge in [-0.15, -0.1) is 0 Å². The van der Waals surface area contributed by atoms with Gasteiger partial charge in [-0.1, -0.05) is 43.9 Å². The van der Waals surface area contributed by atoms with Crippen LogP contribution in [0.3, 0.4) is 0 Å². The van der Waals surface area contributed by atoms with E-state index in [4.69, 9.17) is 0 Å². The SMILES string of the molecule is CCCS(=O)(=O)N1CCN(C2(CNC(=O)c3cccc(C)c3)CCCCC2)CC1. The fourth-order valence-corrected chi connectivity index (χ4v) is 6.27. The van der Waals surface area contributed by atoms with Crippen LogP contribution in [0.2, 0.25) is 0 Å². The number of piperazine rings is 1. The third-order valence-corrected chi connectivity index (χ3v) is 8.48. The van der Waals surface area contributed by atoms with E-state index in [9.17, 15) is 13.2 Å². The zero-order chi connectivity index (χ0) is 20.9. The van der Waals surface area contributed by atoms with Crippen molar-refractivity contribution < 1.29 is 13.2 Å². The molecule has 2 aliphatic rings. The second-order valence-corrected chi connectivity index (χ2v) is 10.6. The van der Waals surface area contributed by atoms with Gasteiger partial charge in [-0.05, 0) is 38.3 Å². The molecular formula is C22H35N3O3S. The molecule has 162 valence electrons. The molecule has 3 rings (SSSR count). The van der Waals surface area contributed by atoms with E-state index in [-0.39, 0.29) is 17.2 Å². The molecule has 1 N–H and O–H groups in total. The molecule has 1 aliphatic carbocycles. The zero-order valence-electron chi connectivity index (χ0n) is 17.8. The number of sulfonamides is 1. The molecule has 0 radical (unpaired) electrons. The molecule has 7 heteroatoms. The standard InChI is InChI=1S/C22H35N3O3S/c1-3-16-29(27,28)25-14-12-24(13-15-25)22(10-5-4-6-11-22)18-23-21(26)20-9-7-8-19(2)17-20/h7-9,17H,3-6,10-16,18H2,1-2H3,(H,23,26). The Hall–Kier alpha value is -1.44. The van der Waals surface area contributed by atoms with Gasteiger partial charge >= 0.3 is 0 Å². The Balaban J connectivity index is 1.65. The third kappa shape index (κ3) is 5.38. The summed E-state index contributed by atoms with van der Waals surface area (Å²) < 4.78 is 26.4. The van der Waals surface area contributed by atoms with Gasteiger partial charge in [0.15, 0.2) is 0 Å². The van der Waals surface area contributed by atoms with Gasteiger partial charge in [0.05, 0.1) is 5.75 Å². The Morgan fingerprint density at radius 1 is 1.10 bits per heavy atom. The maximum Gasteiger partial charge on any atom is 0.251 e. The minimum absolute atomic E-state index is 0.0252. The average molecular weight is 422 g/mol. The topological polar surface area (TPSA) is 69.7 Å². The first-order chi connectivity index (χ1) is 13.9.